The van der Waals surface area contributed by atoms with Crippen molar-refractivity contribution in [1.82, 2.24) is 9.88 Å². The molecule has 3 N–H and O–H groups in total. The number of carbonyl (C=O) groups is 1. The van der Waals surface area contributed by atoms with Crippen LogP contribution in [0.3, 0.4) is 0 Å². The van der Waals surface area contributed by atoms with Crippen LogP contribution >= 0.6 is 0 Å². The molecule has 1 aromatic heterocycles. The second kappa shape index (κ2) is 6.67. The number of nitrogens with two attached hydrogens (primary N) is 1. The molecular weight excluding hydrogens is 256 g/mol. The number of piperidine rings is 1. The lowest BCUT2D eigenvalue weighted by Gasteiger charge is -2.32. The number of likely N-dealkylation sites (tertiary alicyclic amines) is 1. The molecule has 20 heavy (non-hydrogen) atoms. The van der Waals surface area contributed by atoms with Gasteiger partial charge in [-0.15, -0.1) is 0 Å². The topological polar surface area (TPSA) is 80.5 Å². The van der Waals surface area contributed by atoms with Gasteiger partial charge < -0.3 is 15.1 Å². The van der Waals surface area contributed by atoms with Crippen molar-refractivity contribution in [1.29, 1.82) is 0 Å². The van der Waals surface area contributed by atoms with Gasteiger partial charge in [0.1, 0.15) is 5.82 Å². The lowest BCUT2D eigenvalue weighted by molar-refractivity contribution is 0.00724. The fourth-order valence-corrected chi connectivity index (χ4v) is 2.54. The number of ether oxygens (including phenoxy) is 1. The summed E-state index contributed by atoms with van der Waals surface area (Å²) in [5, 5.41) is 0. The maximum Gasteiger partial charge on any atom is 0.254 e. The van der Waals surface area contributed by atoms with Crippen LogP contribution in [0, 0.1) is 6.92 Å². The van der Waals surface area contributed by atoms with E-state index in [9.17, 15) is 4.79 Å². The normalized spacial score (nSPS) is 18.9. The van der Waals surface area contributed by atoms with Gasteiger partial charge in [-0.05, 0) is 38.8 Å². The molecule has 1 unspecified atom stereocenters. The van der Waals surface area contributed by atoms with Gasteiger partial charge in [0.15, 0.2) is 0 Å². The molecule has 0 saturated carbocycles. The molecule has 1 atom stereocenters. The second-order valence-electron chi connectivity index (χ2n) is 5.00. The Bertz CT molecular complexity index is 476. The smallest absolute Gasteiger partial charge is 0.254 e. The number of hydrogen-bond donors (Lipinski definition) is 2. The number of aryl methyl sites for hydroxylation is 1. The summed E-state index contributed by atoms with van der Waals surface area (Å²) in [5.41, 5.74) is 3.87. The Morgan fingerprint density at radius 2 is 2.40 bits per heavy atom. The van der Waals surface area contributed by atoms with E-state index in [2.05, 4.69) is 10.4 Å². The van der Waals surface area contributed by atoms with Crippen molar-refractivity contribution in [2.45, 2.75) is 32.8 Å². The Hall–Kier alpha value is -1.66. The minimum atomic E-state index is 0.0106. The number of nitrogen functional groups attached to an aromatic ring is 1. The lowest BCUT2D eigenvalue weighted by atomic mass is 10.1. The Kier molecular flexibility index (Phi) is 4.92. The summed E-state index contributed by atoms with van der Waals surface area (Å²) in [6.45, 7) is 5.93. The standard InChI is InChI=1S/C14H22N4O2/c1-3-20-12-5-4-6-18(9-12)14(19)11-7-10(2)16-13(8-11)17-15/h7-8,12H,3-6,9,15H2,1-2H3,(H,16,17). The van der Waals surface area contributed by atoms with E-state index in [-0.39, 0.29) is 12.0 Å². The molecule has 0 aliphatic carbocycles. The summed E-state index contributed by atoms with van der Waals surface area (Å²) < 4.78 is 5.63. The van der Waals surface area contributed by atoms with Crippen molar-refractivity contribution in [2.24, 2.45) is 5.84 Å². The van der Waals surface area contributed by atoms with E-state index in [1.807, 2.05) is 18.7 Å². The largest absolute Gasteiger partial charge is 0.377 e. The summed E-state index contributed by atoms with van der Waals surface area (Å²) in [7, 11) is 0. The summed E-state index contributed by atoms with van der Waals surface area (Å²) >= 11 is 0. The number of nitrogens with one attached hydrogen (secondary N) is 1. The Morgan fingerprint density at radius 1 is 1.60 bits per heavy atom. The minimum absolute atomic E-state index is 0.0106. The molecule has 1 fully saturated rings. The first-order chi connectivity index (χ1) is 9.63. The van der Waals surface area contributed by atoms with Crippen LogP contribution in [-0.4, -0.2) is 41.6 Å². The molecule has 1 amide bonds. The first kappa shape index (κ1) is 14.7. The molecule has 1 aromatic rings. The highest BCUT2D eigenvalue weighted by molar-refractivity contribution is 5.95. The van der Waals surface area contributed by atoms with Gasteiger partial charge in [0.2, 0.25) is 0 Å². The van der Waals surface area contributed by atoms with Crippen molar-refractivity contribution >= 4 is 11.7 Å². The van der Waals surface area contributed by atoms with E-state index in [0.29, 0.717) is 24.5 Å². The summed E-state index contributed by atoms with van der Waals surface area (Å²) in [4.78, 5) is 18.6. The zero-order valence-electron chi connectivity index (χ0n) is 12.1. The third-order valence-electron chi connectivity index (χ3n) is 3.42. The van der Waals surface area contributed by atoms with Gasteiger partial charge in [0.05, 0.1) is 6.10 Å². The summed E-state index contributed by atoms with van der Waals surface area (Å²) in [5.74, 6) is 5.89. The van der Waals surface area contributed by atoms with E-state index in [1.54, 1.807) is 12.1 Å². The van der Waals surface area contributed by atoms with E-state index < -0.39 is 0 Å². The molecule has 0 radical (unpaired) electrons. The van der Waals surface area contributed by atoms with Crippen LogP contribution in [0.5, 0.6) is 0 Å². The van der Waals surface area contributed by atoms with E-state index in [4.69, 9.17) is 10.6 Å². The third kappa shape index (κ3) is 3.46. The van der Waals surface area contributed by atoms with Gasteiger partial charge in [0.25, 0.3) is 5.91 Å². The molecule has 6 nitrogen and oxygen atoms in total. The summed E-state index contributed by atoms with van der Waals surface area (Å²) in [6.07, 6.45) is 2.14. The van der Waals surface area contributed by atoms with Gasteiger partial charge in [-0.3, -0.25) is 4.79 Å². The number of hydrazine groups is 1. The van der Waals surface area contributed by atoms with Gasteiger partial charge >= 0.3 is 0 Å². The number of amides is 1. The second-order valence-corrected chi connectivity index (χ2v) is 5.00. The molecule has 2 heterocycles. The van der Waals surface area contributed by atoms with E-state index in [1.165, 1.54) is 0 Å². The number of aromatic nitrogens is 1. The predicted octanol–water partition coefficient (Wildman–Crippen LogP) is 1.32. The number of carbonyl (C=O) groups excluding carboxylic acids is 1. The van der Waals surface area contributed by atoms with Crippen LogP contribution < -0.4 is 11.3 Å². The zero-order valence-corrected chi connectivity index (χ0v) is 12.1. The SMILES string of the molecule is CCOC1CCCN(C(=O)c2cc(C)nc(NN)c2)C1. The number of pyridine rings is 1. The van der Waals surface area contributed by atoms with Gasteiger partial charge in [-0.25, -0.2) is 10.8 Å². The number of anilines is 1. The highest BCUT2D eigenvalue weighted by Crippen LogP contribution is 2.18. The molecule has 0 spiro atoms. The molecule has 0 bridgehead atoms. The van der Waals surface area contributed by atoms with Crippen LogP contribution in [0.15, 0.2) is 12.1 Å². The fraction of sp³-hybridized carbons (Fsp3) is 0.571. The van der Waals surface area contributed by atoms with Crippen molar-refractivity contribution in [3.8, 4) is 0 Å². The van der Waals surface area contributed by atoms with Crippen LogP contribution in [0.4, 0.5) is 5.82 Å². The van der Waals surface area contributed by atoms with E-state index >= 15 is 0 Å². The van der Waals surface area contributed by atoms with E-state index in [0.717, 1.165) is 25.1 Å². The maximum atomic E-state index is 12.5. The van der Waals surface area contributed by atoms with Gasteiger partial charge in [-0.1, -0.05) is 0 Å². The molecule has 0 aromatic carbocycles. The minimum Gasteiger partial charge on any atom is -0.377 e. The number of hydrogen-bond acceptors (Lipinski definition) is 5. The first-order valence-corrected chi connectivity index (χ1v) is 7.00. The number of rotatable bonds is 4. The lowest BCUT2D eigenvalue weighted by Crippen LogP contribution is -2.43. The maximum absolute atomic E-state index is 12.5. The van der Waals surface area contributed by atoms with Crippen LogP contribution in [0.1, 0.15) is 35.8 Å². The van der Waals surface area contributed by atoms with Crippen molar-refractivity contribution < 1.29 is 9.53 Å². The molecule has 110 valence electrons. The quantitative estimate of drug-likeness (QED) is 0.641. The Balaban J connectivity index is 2.12. The zero-order chi connectivity index (χ0) is 14.5. The van der Waals surface area contributed by atoms with Gasteiger partial charge in [-0.2, -0.15) is 0 Å². The highest BCUT2D eigenvalue weighted by Gasteiger charge is 2.25. The third-order valence-corrected chi connectivity index (χ3v) is 3.42. The molecule has 6 heteroatoms. The van der Waals surface area contributed by atoms with Crippen LogP contribution in [0.25, 0.3) is 0 Å². The molecule has 2 rings (SSSR count). The fourth-order valence-electron chi connectivity index (χ4n) is 2.54. The van der Waals surface area contributed by atoms with Crippen molar-refractivity contribution in [3.63, 3.8) is 0 Å². The van der Waals surface area contributed by atoms with Crippen LogP contribution in [0.2, 0.25) is 0 Å². The Labute approximate surface area is 119 Å². The molecule has 1 aliphatic rings. The van der Waals surface area contributed by atoms with Crippen LogP contribution in [-0.2, 0) is 4.74 Å². The van der Waals surface area contributed by atoms with Crippen molar-refractivity contribution in [3.05, 3.63) is 23.4 Å². The molecule has 1 aliphatic heterocycles. The Morgan fingerprint density at radius 3 is 3.10 bits per heavy atom. The predicted molar refractivity (Wildman–Crippen MR) is 77.3 cm³/mol. The first-order valence-electron chi connectivity index (χ1n) is 7.00. The molecule has 1 saturated heterocycles. The highest BCUT2D eigenvalue weighted by atomic mass is 16.5. The average Bonchev–Trinajstić information content (AvgIpc) is 2.46. The summed E-state index contributed by atoms with van der Waals surface area (Å²) in [6, 6.07) is 3.47. The molecular formula is C14H22N4O2. The van der Waals surface area contributed by atoms with Crippen molar-refractivity contribution in [2.75, 3.05) is 25.1 Å². The number of nitrogens with zero attached hydrogens (tertiary/aromatic N) is 2. The average molecular weight is 278 g/mol. The monoisotopic (exact) mass is 278 g/mol. The van der Waals surface area contributed by atoms with Gasteiger partial charge in [0, 0.05) is 31.0 Å².